The molecule has 0 fully saturated rings. The molecule has 0 saturated heterocycles. The Morgan fingerprint density at radius 1 is 0.769 bits per heavy atom. The fraction of sp³-hybridized carbons (Fsp3) is 0. The normalized spacial score (nSPS) is 11.1. The fourth-order valence-corrected chi connectivity index (χ4v) is 3.50. The molecule has 26 heavy (non-hydrogen) atoms. The molecule has 0 aliphatic rings. The summed E-state index contributed by atoms with van der Waals surface area (Å²) in [5.41, 5.74) is 2.46. The SMILES string of the molecule is Fc1ccc(-c2ccnc3c(-c4c(Cl)cccc4Cl)nccc23)c(F)c1. The lowest BCUT2D eigenvalue weighted by atomic mass is 9.99. The van der Waals surface area contributed by atoms with Gasteiger partial charge in [0.05, 0.1) is 21.3 Å². The van der Waals surface area contributed by atoms with E-state index in [2.05, 4.69) is 9.97 Å². The van der Waals surface area contributed by atoms with Gasteiger partial charge in [-0.2, -0.15) is 0 Å². The Bertz CT molecular complexity index is 1130. The van der Waals surface area contributed by atoms with Crippen molar-refractivity contribution in [3.63, 3.8) is 0 Å². The third kappa shape index (κ3) is 2.81. The van der Waals surface area contributed by atoms with E-state index in [-0.39, 0.29) is 5.56 Å². The van der Waals surface area contributed by atoms with Crippen molar-refractivity contribution in [3.05, 3.63) is 82.6 Å². The summed E-state index contributed by atoms with van der Waals surface area (Å²) in [7, 11) is 0. The third-order valence-corrected chi connectivity index (χ3v) is 4.71. The number of hydrogen-bond donors (Lipinski definition) is 0. The van der Waals surface area contributed by atoms with E-state index in [0.29, 0.717) is 37.8 Å². The summed E-state index contributed by atoms with van der Waals surface area (Å²) in [6.45, 7) is 0. The largest absolute Gasteiger partial charge is 0.254 e. The maximum atomic E-state index is 14.3. The minimum absolute atomic E-state index is 0.279. The second-order valence-electron chi connectivity index (χ2n) is 5.64. The average Bonchev–Trinajstić information content (AvgIpc) is 2.61. The standard InChI is InChI=1S/C20H10Cl2F2N2/c21-15-2-1-3-16(22)18(15)20-19-14(7-9-26-20)12(6-8-25-19)13-5-4-11(23)10-17(13)24/h1-10H. The van der Waals surface area contributed by atoms with Crippen LogP contribution in [0.25, 0.3) is 33.3 Å². The number of hydrogen-bond acceptors (Lipinski definition) is 2. The van der Waals surface area contributed by atoms with Gasteiger partial charge in [-0.05, 0) is 42.0 Å². The zero-order valence-corrected chi connectivity index (χ0v) is 14.7. The number of nitrogens with zero attached hydrogens (tertiary/aromatic N) is 2. The van der Waals surface area contributed by atoms with Crippen LogP contribution in [0.3, 0.4) is 0 Å². The van der Waals surface area contributed by atoms with Crippen LogP contribution in [0.4, 0.5) is 8.78 Å². The minimum atomic E-state index is -0.647. The van der Waals surface area contributed by atoms with Gasteiger partial charge in [0.2, 0.25) is 0 Å². The molecule has 0 bridgehead atoms. The number of rotatable bonds is 2. The van der Waals surface area contributed by atoms with E-state index in [1.807, 2.05) is 0 Å². The molecule has 0 amide bonds. The molecule has 2 aromatic heterocycles. The summed E-state index contributed by atoms with van der Waals surface area (Å²) in [4.78, 5) is 8.78. The Labute approximate surface area is 158 Å². The van der Waals surface area contributed by atoms with Gasteiger partial charge in [-0.15, -0.1) is 0 Å². The monoisotopic (exact) mass is 386 g/mol. The highest BCUT2D eigenvalue weighted by atomic mass is 35.5. The van der Waals surface area contributed by atoms with E-state index in [1.54, 1.807) is 42.7 Å². The van der Waals surface area contributed by atoms with Gasteiger partial charge in [0.25, 0.3) is 0 Å². The first-order valence-electron chi connectivity index (χ1n) is 7.70. The van der Waals surface area contributed by atoms with E-state index in [1.165, 1.54) is 12.1 Å². The maximum Gasteiger partial charge on any atom is 0.133 e. The average molecular weight is 387 g/mol. The topological polar surface area (TPSA) is 25.8 Å². The lowest BCUT2D eigenvalue weighted by Crippen LogP contribution is -1.94. The van der Waals surface area contributed by atoms with Crippen LogP contribution in [0.5, 0.6) is 0 Å². The molecule has 0 atom stereocenters. The lowest BCUT2D eigenvalue weighted by molar-refractivity contribution is 0.585. The summed E-state index contributed by atoms with van der Waals surface area (Å²) in [6.07, 6.45) is 3.14. The Hall–Kier alpha value is -2.56. The molecule has 0 radical (unpaired) electrons. The van der Waals surface area contributed by atoms with Crippen molar-refractivity contribution in [3.8, 4) is 22.4 Å². The van der Waals surface area contributed by atoms with Crippen LogP contribution in [0.1, 0.15) is 0 Å². The molecule has 2 heterocycles. The van der Waals surface area contributed by atoms with Gasteiger partial charge in [0.15, 0.2) is 0 Å². The zero-order valence-electron chi connectivity index (χ0n) is 13.2. The number of halogens is 4. The Morgan fingerprint density at radius 2 is 1.50 bits per heavy atom. The van der Waals surface area contributed by atoms with Crippen LogP contribution < -0.4 is 0 Å². The van der Waals surface area contributed by atoms with Crippen LogP contribution >= 0.6 is 23.2 Å². The van der Waals surface area contributed by atoms with Crippen molar-refractivity contribution in [1.82, 2.24) is 9.97 Å². The van der Waals surface area contributed by atoms with Gasteiger partial charge in [-0.1, -0.05) is 29.3 Å². The molecule has 0 aliphatic heterocycles. The third-order valence-electron chi connectivity index (χ3n) is 4.08. The molecular weight excluding hydrogens is 377 g/mol. The van der Waals surface area contributed by atoms with Gasteiger partial charge >= 0.3 is 0 Å². The first-order valence-corrected chi connectivity index (χ1v) is 8.45. The molecule has 4 aromatic rings. The smallest absolute Gasteiger partial charge is 0.133 e. The number of fused-ring (bicyclic) bond motifs is 1. The van der Waals surface area contributed by atoms with Crippen molar-refractivity contribution in [2.45, 2.75) is 0 Å². The van der Waals surface area contributed by atoms with Crippen molar-refractivity contribution >= 4 is 34.1 Å². The van der Waals surface area contributed by atoms with E-state index < -0.39 is 11.6 Å². The van der Waals surface area contributed by atoms with Crippen molar-refractivity contribution in [2.24, 2.45) is 0 Å². The van der Waals surface area contributed by atoms with Crippen molar-refractivity contribution < 1.29 is 8.78 Å². The predicted molar refractivity (Wildman–Crippen MR) is 100 cm³/mol. The Balaban J connectivity index is 2.03. The van der Waals surface area contributed by atoms with Gasteiger partial charge in [0, 0.05) is 35.0 Å². The zero-order chi connectivity index (χ0) is 18.3. The van der Waals surface area contributed by atoms with Gasteiger partial charge in [-0.25, -0.2) is 8.78 Å². The quantitative estimate of drug-likeness (QED) is 0.390. The van der Waals surface area contributed by atoms with Gasteiger partial charge in [0.1, 0.15) is 11.6 Å². The highest BCUT2D eigenvalue weighted by molar-refractivity contribution is 6.39. The van der Waals surface area contributed by atoms with Crippen LogP contribution in [0.15, 0.2) is 60.9 Å². The van der Waals surface area contributed by atoms with E-state index in [4.69, 9.17) is 23.2 Å². The highest BCUT2D eigenvalue weighted by Crippen LogP contribution is 2.38. The lowest BCUT2D eigenvalue weighted by Gasteiger charge is -2.12. The predicted octanol–water partition coefficient (Wildman–Crippen LogP) is 6.55. The molecule has 128 valence electrons. The van der Waals surface area contributed by atoms with Gasteiger partial charge < -0.3 is 0 Å². The Morgan fingerprint density at radius 3 is 2.23 bits per heavy atom. The van der Waals surface area contributed by atoms with Crippen LogP contribution in [-0.2, 0) is 0 Å². The molecule has 0 saturated carbocycles. The van der Waals surface area contributed by atoms with E-state index in [0.717, 1.165) is 6.07 Å². The first kappa shape index (κ1) is 16.9. The van der Waals surface area contributed by atoms with Crippen molar-refractivity contribution in [1.29, 1.82) is 0 Å². The molecule has 0 spiro atoms. The second-order valence-corrected chi connectivity index (χ2v) is 6.45. The minimum Gasteiger partial charge on any atom is -0.254 e. The summed E-state index contributed by atoms with van der Waals surface area (Å²) in [5.74, 6) is -1.28. The highest BCUT2D eigenvalue weighted by Gasteiger charge is 2.17. The summed E-state index contributed by atoms with van der Waals surface area (Å²) >= 11 is 12.6. The number of benzene rings is 2. The maximum absolute atomic E-state index is 14.3. The Kier molecular flexibility index (Phi) is 4.31. The van der Waals surface area contributed by atoms with Gasteiger partial charge in [-0.3, -0.25) is 9.97 Å². The summed E-state index contributed by atoms with van der Waals surface area (Å²) in [6, 6.07) is 12.1. The molecule has 6 heteroatoms. The molecule has 2 nitrogen and oxygen atoms in total. The fourth-order valence-electron chi connectivity index (χ4n) is 2.93. The molecular formula is C20H10Cl2F2N2. The molecule has 0 unspecified atom stereocenters. The molecule has 4 rings (SSSR count). The van der Waals surface area contributed by atoms with Crippen molar-refractivity contribution in [2.75, 3.05) is 0 Å². The first-order chi connectivity index (χ1) is 12.6. The van der Waals surface area contributed by atoms with Crippen LogP contribution in [0.2, 0.25) is 10.0 Å². The van der Waals surface area contributed by atoms with Crippen LogP contribution in [-0.4, -0.2) is 9.97 Å². The second kappa shape index (κ2) is 6.63. The van der Waals surface area contributed by atoms with E-state index in [9.17, 15) is 8.78 Å². The van der Waals surface area contributed by atoms with Crippen LogP contribution in [0, 0.1) is 11.6 Å². The van der Waals surface area contributed by atoms with E-state index >= 15 is 0 Å². The number of pyridine rings is 2. The molecule has 0 aliphatic carbocycles. The summed E-state index contributed by atoms with van der Waals surface area (Å²) in [5, 5.41) is 1.55. The molecule has 2 aromatic carbocycles. The number of aromatic nitrogens is 2. The molecule has 0 N–H and O–H groups in total. The summed E-state index contributed by atoms with van der Waals surface area (Å²) < 4.78 is 27.6.